The quantitative estimate of drug-likeness (QED) is 0.154. The van der Waals surface area contributed by atoms with E-state index in [-0.39, 0.29) is 17.5 Å². The van der Waals surface area contributed by atoms with Crippen LogP contribution in [0.1, 0.15) is 68.3 Å². The Balaban J connectivity index is 1.36. The SMILES string of the molecule is Cc1cc(OCCCc2c3n(c4c(-c5c(C)n[nH]c5C)c(Cl)ccc24)[C@H](C)CN(c2cc(C(=O)O)c4cnn(C)c4c2)C3=O)cc(C)c1Cl. The van der Waals surface area contributed by atoms with Gasteiger partial charge >= 0.3 is 5.97 Å². The highest BCUT2D eigenvalue weighted by molar-refractivity contribution is 6.35. The summed E-state index contributed by atoms with van der Waals surface area (Å²) in [5.41, 5.74) is 8.89. The average Bonchev–Trinajstić information content (AvgIpc) is 3.72. The van der Waals surface area contributed by atoms with E-state index in [4.69, 9.17) is 27.9 Å². The van der Waals surface area contributed by atoms with Crippen molar-refractivity contribution in [3.8, 4) is 16.9 Å². The highest BCUT2D eigenvalue weighted by Gasteiger charge is 2.37. The highest BCUT2D eigenvalue weighted by Crippen LogP contribution is 2.45. The van der Waals surface area contributed by atoms with Gasteiger partial charge in [-0.15, -0.1) is 0 Å². The molecule has 252 valence electrons. The lowest BCUT2D eigenvalue weighted by molar-refractivity contribution is 0.0698. The van der Waals surface area contributed by atoms with Crippen LogP contribution in [0.25, 0.3) is 32.9 Å². The Labute approximate surface area is 293 Å². The first-order valence-corrected chi connectivity index (χ1v) is 16.9. The second kappa shape index (κ2) is 12.3. The van der Waals surface area contributed by atoms with Gasteiger partial charge in [0.2, 0.25) is 0 Å². The fourth-order valence-electron chi connectivity index (χ4n) is 7.30. The van der Waals surface area contributed by atoms with Crippen molar-refractivity contribution in [1.29, 1.82) is 0 Å². The molecule has 1 aliphatic heterocycles. The number of benzene rings is 3. The number of carbonyl (C=O) groups is 2. The van der Waals surface area contributed by atoms with Gasteiger partial charge in [0, 0.05) is 57.9 Å². The molecule has 3 aromatic heterocycles. The van der Waals surface area contributed by atoms with Gasteiger partial charge in [-0.05, 0) is 94.5 Å². The zero-order valence-corrected chi connectivity index (χ0v) is 29.6. The molecule has 6 aromatic rings. The van der Waals surface area contributed by atoms with E-state index in [1.165, 1.54) is 0 Å². The van der Waals surface area contributed by atoms with Crippen molar-refractivity contribution in [2.75, 3.05) is 18.1 Å². The van der Waals surface area contributed by atoms with E-state index in [1.807, 2.05) is 58.0 Å². The summed E-state index contributed by atoms with van der Waals surface area (Å²) in [4.78, 5) is 28.8. The average molecular weight is 700 g/mol. The lowest BCUT2D eigenvalue weighted by Crippen LogP contribution is -2.42. The molecule has 1 amide bonds. The largest absolute Gasteiger partial charge is 0.494 e. The lowest BCUT2D eigenvalue weighted by atomic mass is 9.98. The van der Waals surface area contributed by atoms with Crippen LogP contribution in [0.3, 0.4) is 0 Å². The number of rotatable bonds is 8. The zero-order chi connectivity index (χ0) is 34.9. The molecule has 10 nitrogen and oxygen atoms in total. The maximum Gasteiger partial charge on any atom is 0.336 e. The van der Waals surface area contributed by atoms with Gasteiger partial charge in [0.25, 0.3) is 5.91 Å². The van der Waals surface area contributed by atoms with Crippen LogP contribution in [0.15, 0.2) is 42.6 Å². The number of aromatic nitrogens is 5. The van der Waals surface area contributed by atoms with Crippen LogP contribution in [0, 0.1) is 27.7 Å². The molecule has 2 N–H and O–H groups in total. The summed E-state index contributed by atoms with van der Waals surface area (Å²) in [6.45, 7) is 10.6. The van der Waals surface area contributed by atoms with Crippen LogP contribution in [0.4, 0.5) is 5.69 Å². The first kappa shape index (κ1) is 32.7. The smallest absolute Gasteiger partial charge is 0.336 e. The Bertz CT molecular complexity index is 2290. The number of hydrogen-bond donors (Lipinski definition) is 2. The van der Waals surface area contributed by atoms with Gasteiger partial charge in [0.1, 0.15) is 11.4 Å². The van der Waals surface area contributed by atoms with Crippen LogP contribution in [0.2, 0.25) is 10.0 Å². The molecular weight excluding hydrogens is 663 g/mol. The van der Waals surface area contributed by atoms with Crippen molar-refractivity contribution in [1.82, 2.24) is 24.5 Å². The highest BCUT2D eigenvalue weighted by atomic mass is 35.5. The number of fused-ring (bicyclic) bond motifs is 4. The van der Waals surface area contributed by atoms with Crippen LogP contribution in [-0.2, 0) is 13.5 Å². The van der Waals surface area contributed by atoms with Gasteiger partial charge in [-0.3, -0.25) is 14.6 Å². The molecule has 0 fully saturated rings. The number of amides is 1. The molecule has 0 aliphatic carbocycles. The predicted molar refractivity (Wildman–Crippen MR) is 193 cm³/mol. The van der Waals surface area contributed by atoms with Gasteiger partial charge in [-0.25, -0.2) is 4.79 Å². The number of ether oxygens (including phenoxy) is 1. The van der Waals surface area contributed by atoms with Gasteiger partial charge in [-0.2, -0.15) is 10.2 Å². The van der Waals surface area contributed by atoms with Crippen molar-refractivity contribution in [3.05, 3.63) is 92.0 Å². The molecule has 4 heterocycles. The maximum absolute atomic E-state index is 14.8. The zero-order valence-electron chi connectivity index (χ0n) is 28.1. The van der Waals surface area contributed by atoms with Crippen molar-refractivity contribution in [2.24, 2.45) is 7.05 Å². The van der Waals surface area contributed by atoms with Crippen molar-refractivity contribution >= 4 is 62.6 Å². The Kier molecular flexibility index (Phi) is 8.19. The number of aryl methyl sites for hydroxylation is 6. The van der Waals surface area contributed by atoms with E-state index in [0.29, 0.717) is 53.3 Å². The first-order chi connectivity index (χ1) is 23.4. The van der Waals surface area contributed by atoms with E-state index in [1.54, 1.807) is 28.9 Å². The third-order valence-electron chi connectivity index (χ3n) is 9.58. The molecule has 0 unspecified atom stereocenters. The van der Waals surface area contributed by atoms with Crippen molar-refractivity contribution < 1.29 is 19.4 Å². The second-order valence-corrected chi connectivity index (χ2v) is 13.7. The Hall–Kier alpha value is -4.80. The standard InChI is InChI=1S/C37H36Cl2N6O4/c1-18-12-24(13-19(2)33(18)39)49-11-7-8-25-26-9-10-29(38)32(31-21(4)41-42-22(31)5)34(26)45-20(3)17-44(36(46)35(25)45)23-14-27(37(47)48)28-16-40-43(6)30(28)15-23/h9-10,12-16,20H,7-8,11,17H2,1-6H3,(H,41,42)(H,47,48)/t20-/m1/s1. The summed E-state index contributed by atoms with van der Waals surface area (Å²) < 4.78 is 9.91. The topological polar surface area (TPSA) is 118 Å². The number of carboxylic acids is 1. The fourth-order valence-corrected chi connectivity index (χ4v) is 7.66. The molecule has 0 spiro atoms. The first-order valence-electron chi connectivity index (χ1n) is 16.1. The molecular formula is C37H36Cl2N6O4. The summed E-state index contributed by atoms with van der Waals surface area (Å²) in [5, 5.41) is 24.7. The van der Waals surface area contributed by atoms with Crippen molar-refractivity contribution in [3.63, 3.8) is 0 Å². The number of anilines is 1. The second-order valence-electron chi connectivity index (χ2n) is 12.9. The molecule has 0 radical (unpaired) electrons. The number of nitrogens with zero attached hydrogens (tertiary/aromatic N) is 5. The van der Waals surface area contributed by atoms with Gasteiger partial charge in [-0.1, -0.05) is 29.3 Å². The monoisotopic (exact) mass is 698 g/mol. The van der Waals surface area contributed by atoms with Crippen molar-refractivity contribution in [2.45, 2.75) is 53.5 Å². The molecule has 0 bridgehead atoms. The van der Waals surface area contributed by atoms with E-state index in [0.717, 1.165) is 60.9 Å². The lowest BCUT2D eigenvalue weighted by Gasteiger charge is -2.34. The molecule has 1 aliphatic rings. The number of hydrogen-bond acceptors (Lipinski definition) is 5. The normalized spacial score (nSPS) is 14.7. The minimum Gasteiger partial charge on any atom is -0.494 e. The summed E-state index contributed by atoms with van der Waals surface area (Å²) >= 11 is 13.4. The van der Waals surface area contributed by atoms with Crippen LogP contribution >= 0.6 is 23.2 Å². The third kappa shape index (κ3) is 5.34. The predicted octanol–water partition coefficient (Wildman–Crippen LogP) is 8.39. The molecule has 3 aromatic carbocycles. The number of carboxylic acid groups (broad SMARTS) is 1. The number of carbonyl (C=O) groups excluding carboxylic acids is 1. The molecule has 1 atom stereocenters. The number of H-pyrrole nitrogens is 1. The van der Waals surface area contributed by atoms with Gasteiger partial charge in [0.05, 0.1) is 40.1 Å². The molecule has 12 heteroatoms. The minimum atomic E-state index is -1.08. The van der Waals surface area contributed by atoms with Crippen LogP contribution in [0.5, 0.6) is 5.75 Å². The van der Waals surface area contributed by atoms with E-state index in [2.05, 4.69) is 26.8 Å². The number of nitrogens with one attached hydrogen (secondary N) is 1. The fraction of sp³-hybridized carbons (Fsp3) is 0.297. The maximum atomic E-state index is 14.8. The molecule has 49 heavy (non-hydrogen) atoms. The number of aromatic carboxylic acids is 1. The van der Waals surface area contributed by atoms with E-state index >= 15 is 0 Å². The Morgan fingerprint density at radius 2 is 1.80 bits per heavy atom. The molecule has 0 saturated heterocycles. The summed E-state index contributed by atoms with van der Waals surface area (Å²) in [7, 11) is 1.76. The van der Waals surface area contributed by atoms with E-state index in [9.17, 15) is 14.7 Å². The van der Waals surface area contributed by atoms with Gasteiger partial charge < -0.3 is 19.3 Å². The number of aromatic amines is 1. The van der Waals surface area contributed by atoms with Crippen LogP contribution < -0.4 is 9.64 Å². The Morgan fingerprint density at radius 1 is 1.06 bits per heavy atom. The Morgan fingerprint density at radius 3 is 2.47 bits per heavy atom. The minimum absolute atomic E-state index is 0.0946. The molecule has 0 saturated carbocycles. The number of halogens is 2. The van der Waals surface area contributed by atoms with E-state index < -0.39 is 5.97 Å². The van der Waals surface area contributed by atoms with Gasteiger partial charge in [0.15, 0.2) is 0 Å². The summed E-state index contributed by atoms with van der Waals surface area (Å²) in [5.74, 6) is -0.545. The molecule has 7 rings (SSSR count). The van der Waals surface area contributed by atoms with Crippen LogP contribution in [-0.4, -0.2) is 54.7 Å². The summed E-state index contributed by atoms with van der Waals surface area (Å²) in [6.07, 6.45) is 2.74. The third-order valence-corrected chi connectivity index (χ3v) is 10.5. The summed E-state index contributed by atoms with van der Waals surface area (Å²) in [6, 6.07) is 11.0.